The Morgan fingerprint density at radius 2 is 2.19 bits per heavy atom. The molecule has 0 heterocycles. The molecule has 0 aliphatic rings. The third-order valence-electron chi connectivity index (χ3n) is 2.30. The zero-order chi connectivity index (χ0) is 12.0. The van der Waals surface area contributed by atoms with Gasteiger partial charge in [0.2, 0.25) is 0 Å². The Bertz CT molecular complexity index is 328. The van der Waals surface area contributed by atoms with E-state index in [4.69, 9.17) is 16.3 Å². The molecule has 0 saturated heterocycles. The van der Waals surface area contributed by atoms with Crippen LogP contribution in [0.1, 0.15) is 32.3 Å². The van der Waals surface area contributed by atoms with Gasteiger partial charge < -0.3 is 4.74 Å². The molecule has 1 radical (unpaired) electrons. The highest BCUT2D eigenvalue weighted by Crippen LogP contribution is 2.19. The van der Waals surface area contributed by atoms with Gasteiger partial charge in [0.15, 0.2) is 0 Å². The second kappa shape index (κ2) is 6.87. The minimum absolute atomic E-state index is 0.272. The van der Waals surface area contributed by atoms with Crippen molar-refractivity contribution in [2.75, 3.05) is 6.61 Å². The Morgan fingerprint density at radius 1 is 1.44 bits per heavy atom. The van der Waals surface area contributed by atoms with E-state index < -0.39 is 0 Å². The predicted molar refractivity (Wildman–Crippen MR) is 64.9 cm³/mol. The van der Waals surface area contributed by atoms with Gasteiger partial charge in [-0.1, -0.05) is 31.0 Å². The highest BCUT2D eigenvalue weighted by molar-refractivity contribution is 6.30. The van der Waals surface area contributed by atoms with Crippen LogP contribution in [-0.4, -0.2) is 6.61 Å². The predicted octanol–water partition coefficient (Wildman–Crippen LogP) is 4.39. The SMILES string of the molecule is CCCCO[C](C)Cc1ccc(Cl)cc1F. The van der Waals surface area contributed by atoms with Crippen LogP contribution in [0.5, 0.6) is 0 Å². The summed E-state index contributed by atoms with van der Waals surface area (Å²) in [6.07, 6.45) is 3.48. The lowest BCUT2D eigenvalue weighted by atomic mass is 10.1. The average molecular weight is 244 g/mol. The van der Waals surface area contributed by atoms with Gasteiger partial charge >= 0.3 is 0 Å². The van der Waals surface area contributed by atoms with Crippen molar-refractivity contribution in [1.82, 2.24) is 0 Å². The molecule has 0 atom stereocenters. The summed E-state index contributed by atoms with van der Waals surface area (Å²) in [6, 6.07) is 4.72. The maximum absolute atomic E-state index is 13.4. The van der Waals surface area contributed by atoms with E-state index in [1.807, 2.05) is 6.92 Å². The molecule has 89 valence electrons. The van der Waals surface area contributed by atoms with Gasteiger partial charge in [0.25, 0.3) is 0 Å². The van der Waals surface area contributed by atoms with Gasteiger partial charge in [-0.25, -0.2) is 4.39 Å². The van der Waals surface area contributed by atoms with E-state index in [1.165, 1.54) is 6.07 Å². The minimum Gasteiger partial charge on any atom is -0.372 e. The Balaban J connectivity index is 2.46. The van der Waals surface area contributed by atoms with Crippen molar-refractivity contribution in [3.05, 3.63) is 40.7 Å². The Labute approximate surface area is 102 Å². The first kappa shape index (κ1) is 13.5. The molecule has 1 rings (SSSR count). The Morgan fingerprint density at radius 3 is 2.81 bits per heavy atom. The Kier molecular flexibility index (Phi) is 5.78. The molecular formula is C13H17ClFO. The third kappa shape index (κ3) is 4.50. The van der Waals surface area contributed by atoms with Gasteiger partial charge in [-0.05, 0) is 31.0 Å². The summed E-state index contributed by atoms with van der Waals surface area (Å²) in [5, 5.41) is 0.422. The van der Waals surface area contributed by atoms with E-state index in [0.717, 1.165) is 18.9 Å². The fourth-order valence-corrected chi connectivity index (χ4v) is 1.53. The smallest absolute Gasteiger partial charge is 0.127 e. The van der Waals surface area contributed by atoms with Crippen LogP contribution in [0.25, 0.3) is 0 Å². The maximum Gasteiger partial charge on any atom is 0.127 e. The van der Waals surface area contributed by atoms with E-state index in [9.17, 15) is 4.39 Å². The lowest BCUT2D eigenvalue weighted by Crippen LogP contribution is -2.05. The van der Waals surface area contributed by atoms with Crippen LogP contribution >= 0.6 is 11.6 Å². The van der Waals surface area contributed by atoms with Gasteiger partial charge in [0.05, 0.1) is 6.10 Å². The van der Waals surface area contributed by atoms with Crippen LogP contribution in [0.2, 0.25) is 5.02 Å². The van der Waals surface area contributed by atoms with Crippen LogP contribution in [0.4, 0.5) is 4.39 Å². The van der Waals surface area contributed by atoms with E-state index in [-0.39, 0.29) is 5.82 Å². The van der Waals surface area contributed by atoms with Crippen LogP contribution in [0.15, 0.2) is 18.2 Å². The van der Waals surface area contributed by atoms with E-state index in [0.29, 0.717) is 23.6 Å². The van der Waals surface area contributed by atoms with Crippen molar-refractivity contribution in [3.63, 3.8) is 0 Å². The van der Waals surface area contributed by atoms with Crippen molar-refractivity contribution >= 4 is 11.6 Å². The number of halogens is 2. The van der Waals surface area contributed by atoms with Crippen molar-refractivity contribution in [3.8, 4) is 0 Å². The van der Waals surface area contributed by atoms with Crippen LogP contribution in [-0.2, 0) is 11.2 Å². The molecule has 0 aromatic heterocycles. The van der Waals surface area contributed by atoms with Crippen LogP contribution < -0.4 is 0 Å². The summed E-state index contributed by atoms with van der Waals surface area (Å²) in [7, 11) is 0. The van der Waals surface area contributed by atoms with E-state index in [1.54, 1.807) is 12.1 Å². The largest absolute Gasteiger partial charge is 0.372 e. The van der Waals surface area contributed by atoms with Crippen molar-refractivity contribution in [1.29, 1.82) is 0 Å². The average Bonchev–Trinajstić information content (AvgIpc) is 2.23. The zero-order valence-electron chi connectivity index (χ0n) is 9.72. The Hall–Kier alpha value is -0.600. The lowest BCUT2D eigenvalue weighted by Gasteiger charge is -2.12. The summed E-state index contributed by atoms with van der Waals surface area (Å²) >= 11 is 5.68. The number of ether oxygens (including phenoxy) is 1. The fourth-order valence-electron chi connectivity index (χ4n) is 1.38. The fraction of sp³-hybridized carbons (Fsp3) is 0.462. The van der Waals surface area contributed by atoms with Gasteiger partial charge in [-0.3, -0.25) is 0 Å². The summed E-state index contributed by atoms with van der Waals surface area (Å²) in [4.78, 5) is 0. The molecule has 0 fully saturated rings. The molecule has 1 nitrogen and oxygen atoms in total. The number of hydrogen-bond acceptors (Lipinski definition) is 1. The quantitative estimate of drug-likeness (QED) is 0.674. The highest BCUT2D eigenvalue weighted by atomic mass is 35.5. The summed E-state index contributed by atoms with van der Waals surface area (Å²) in [5.41, 5.74) is 0.624. The first-order valence-corrected chi connectivity index (χ1v) is 5.90. The first-order valence-electron chi connectivity index (χ1n) is 5.52. The summed E-state index contributed by atoms with van der Waals surface area (Å²) in [5.74, 6) is -0.272. The van der Waals surface area contributed by atoms with E-state index in [2.05, 4.69) is 6.92 Å². The molecule has 0 aliphatic carbocycles. The number of unbranched alkanes of at least 4 members (excludes halogenated alkanes) is 1. The van der Waals surface area contributed by atoms with Crippen LogP contribution in [0, 0.1) is 11.9 Å². The molecule has 0 amide bonds. The minimum atomic E-state index is -0.272. The maximum atomic E-state index is 13.4. The van der Waals surface area contributed by atoms with Crippen molar-refractivity contribution in [2.45, 2.75) is 33.1 Å². The molecular weight excluding hydrogens is 227 g/mol. The zero-order valence-corrected chi connectivity index (χ0v) is 10.5. The molecule has 0 aliphatic heterocycles. The third-order valence-corrected chi connectivity index (χ3v) is 2.54. The second-order valence-electron chi connectivity index (χ2n) is 3.82. The molecule has 1 aromatic rings. The van der Waals surface area contributed by atoms with Gasteiger partial charge in [0.1, 0.15) is 5.82 Å². The summed E-state index contributed by atoms with van der Waals surface area (Å²) < 4.78 is 18.9. The molecule has 16 heavy (non-hydrogen) atoms. The van der Waals surface area contributed by atoms with E-state index >= 15 is 0 Å². The molecule has 0 N–H and O–H groups in total. The van der Waals surface area contributed by atoms with Crippen molar-refractivity contribution in [2.24, 2.45) is 0 Å². The lowest BCUT2D eigenvalue weighted by molar-refractivity contribution is 0.143. The van der Waals surface area contributed by atoms with Crippen molar-refractivity contribution < 1.29 is 9.13 Å². The van der Waals surface area contributed by atoms with Gasteiger partial charge in [-0.15, -0.1) is 0 Å². The molecule has 3 heteroatoms. The summed E-state index contributed by atoms with van der Waals surface area (Å²) in [6.45, 7) is 4.69. The second-order valence-corrected chi connectivity index (χ2v) is 4.25. The molecule has 1 aromatic carbocycles. The molecule has 0 unspecified atom stereocenters. The number of hydrogen-bond donors (Lipinski definition) is 0. The highest BCUT2D eigenvalue weighted by Gasteiger charge is 2.09. The molecule has 0 spiro atoms. The number of benzene rings is 1. The molecule has 0 bridgehead atoms. The normalized spacial score (nSPS) is 11.1. The standard InChI is InChI=1S/C13H17ClFO/c1-3-4-7-16-10(2)8-11-5-6-12(14)9-13(11)15/h5-6,9H,3-4,7-8H2,1-2H3. The van der Waals surface area contributed by atoms with Gasteiger partial charge in [0, 0.05) is 18.1 Å². The topological polar surface area (TPSA) is 9.23 Å². The van der Waals surface area contributed by atoms with Gasteiger partial charge in [-0.2, -0.15) is 0 Å². The number of rotatable bonds is 6. The van der Waals surface area contributed by atoms with Crippen LogP contribution in [0.3, 0.4) is 0 Å². The monoisotopic (exact) mass is 243 g/mol. The first-order chi connectivity index (χ1) is 7.63. The molecule has 0 saturated carbocycles.